The van der Waals surface area contributed by atoms with E-state index in [0.717, 1.165) is 15.9 Å². The van der Waals surface area contributed by atoms with Crippen LogP contribution in [-0.4, -0.2) is 42.4 Å². The number of rotatable bonds is 3. The molecule has 0 fully saturated rings. The molecule has 3 rings (SSSR count). The van der Waals surface area contributed by atoms with Crippen LogP contribution in [0, 0.1) is 12.7 Å². The Morgan fingerprint density at radius 2 is 2.07 bits per heavy atom. The number of aliphatic imine (C=N–C) groups is 1. The van der Waals surface area contributed by atoms with Crippen molar-refractivity contribution in [3.05, 3.63) is 59.2 Å². The van der Waals surface area contributed by atoms with E-state index < -0.39 is 33.5 Å². The maximum atomic E-state index is 14.3. The molecule has 2 aromatic rings. The second-order valence-electron chi connectivity index (χ2n) is 6.16. The fourth-order valence-corrected chi connectivity index (χ4v) is 3.77. The van der Waals surface area contributed by atoms with Crippen LogP contribution < -0.4 is 11.1 Å². The minimum absolute atomic E-state index is 0.0318. The number of carbonyl (C=O) groups excluding carboxylic acids is 1. The smallest absolute Gasteiger partial charge is 0.274 e. The summed E-state index contributed by atoms with van der Waals surface area (Å²) in [4.78, 5) is 20.4. The summed E-state index contributed by atoms with van der Waals surface area (Å²) < 4.78 is 39.4. The topological polar surface area (TPSA) is 118 Å². The van der Waals surface area contributed by atoms with Crippen LogP contribution in [0.1, 0.15) is 27.7 Å². The first-order valence-corrected chi connectivity index (χ1v) is 9.61. The number of nitrogens with two attached hydrogens (primary N) is 1. The zero-order valence-electron chi connectivity index (χ0n) is 14.7. The van der Waals surface area contributed by atoms with E-state index >= 15 is 0 Å². The van der Waals surface area contributed by atoms with Gasteiger partial charge in [0.1, 0.15) is 11.5 Å². The molecule has 0 aliphatic carbocycles. The molecule has 142 valence electrons. The molecular weight excluding hydrogens is 373 g/mol. The van der Waals surface area contributed by atoms with Gasteiger partial charge in [0.15, 0.2) is 0 Å². The monoisotopic (exact) mass is 391 g/mol. The van der Waals surface area contributed by atoms with Crippen LogP contribution in [0.25, 0.3) is 0 Å². The zero-order chi connectivity index (χ0) is 19.8. The maximum absolute atomic E-state index is 14.3. The van der Waals surface area contributed by atoms with Crippen molar-refractivity contribution in [3.63, 3.8) is 0 Å². The second-order valence-corrected chi connectivity index (χ2v) is 8.21. The molecule has 1 aromatic heterocycles. The van der Waals surface area contributed by atoms with Crippen molar-refractivity contribution in [2.45, 2.75) is 13.0 Å². The Hall–Kier alpha value is -3.01. The lowest BCUT2D eigenvalue weighted by Crippen LogP contribution is -2.45. The summed E-state index contributed by atoms with van der Waals surface area (Å²) in [5.41, 5.74) is 7.08. The summed E-state index contributed by atoms with van der Waals surface area (Å²) in [6.45, 7) is 1.85. The minimum atomic E-state index is -3.69. The normalized spacial score (nSPS) is 18.7. The van der Waals surface area contributed by atoms with Crippen LogP contribution in [0.5, 0.6) is 0 Å². The van der Waals surface area contributed by atoms with Crippen LogP contribution in [0.3, 0.4) is 0 Å². The van der Waals surface area contributed by atoms with Gasteiger partial charge in [0.25, 0.3) is 5.91 Å². The summed E-state index contributed by atoms with van der Waals surface area (Å²) in [5, 5.41) is 2.62. The predicted octanol–water partition coefficient (Wildman–Crippen LogP) is 1.41. The molecule has 0 unspecified atom stereocenters. The van der Waals surface area contributed by atoms with Gasteiger partial charge in [0.05, 0.1) is 11.8 Å². The number of pyridine rings is 1. The molecule has 1 atom stereocenters. The molecule has 8 nitrogen and oxygen atoms in total. The van der Waals surface area contributed by atoms with Crippen molar-refractivity contribution in [2.75, 3.05) is 18.1 Å². The van der Waals surface area contributed by atoms with Gasteiger partial charge in [-0.3, -0.25) is 9.78 Å². The van der Waals surface area contributed by atoms with Gasteiger partial charge in [0, 0.05) is 24.5 Å². The molecule has 27 heavy (non-hydrogen) atoms. The summed E-state index contributed by atoms with van der Waals surface area (Å²) in [6.07, 6.45) is 1.56. The summed E-state index contributed by atoms with van der Waals surface area (Å²) in [7, 11) is -2.41. The Balaban J connectivity index is 1.89. The van der Waals surface area contributed by atoms with Gasteiger partial charge in [-0.15, -0.1) is 0 Å². The van der Waals surface area contributed by atoms with Gasteiger partial charge in [-0.25, -0.2) is 22.1 Å². The van der Waals surface area contributed by atoms with Crippen molar-refractivity contribution < 1.29 is 17.6 Å². The minimum Gasteiger partial charge on any atom is -0.369 e. The first-order valence-electron chi connectivity index (χ1n) is 8.01. The van der Waals surface area contributed by atoms with E-state index in [2.05, 4.69) is 15.3 Å². The SMILES string of the molecule is Cc1ccc(C(=O)Nc2ccc(F)c([C@@H]3CS(=O)(=O)N(C)C(N)=N3)c2)nc1. The fraction of sp³-hybridized carbons (Fsp3) is 0.235. The molecule has 1 aliphatic rings. The molecular formula is C17H18FN5O3S. The number of sulfonamides is 1. The van der Waals surface area contributed by atoms with Crippen molar-refractivity contribution in [3.8, 4) is 0 Å². The molecule has 2 heterocycles. The Bertz CT molecular complexity index is 1020. The predicted molar refractivity (Wildman–Crippen MR) is 99.2 cm³/mol. The molecule has 0 bridgehead atoms. The Labute approximate surface area is 156 Å². The number of nitrogens with zero attached hydrogens (tertiary/aromatic N) is 3. The summed E-state index contributed by atoms with van der Waals surface area (Å²) in [5.74, 6) is -1.74. The van der Waals surface area contributed by atoms with Crippen LogP contribution >= 0.6 is 0 Å². The number of anilines is 1. The fourth-order valence-electron chi connectivity index (χ4n) is 2.57. The largest absolute Gasteiger partial charge is 0.369 e. The zero-order valence-corrected chi connectivity index (χ0v) is 15.5. The molecule has 0 saturated carbocycles. The number of guanidine groups is 1. The number of amides is 1. The summed E-state index contributed by atoms with van der Waals surface area (Å²) in [6, 6.07) is 6.19. The third-order valence-corrected chi connectivity index (χ3v) is 5.91. The Kier molecular flexibility index (Phi) is 4.83. The van der Waals surface area contributed by atoms with E-state index in [1.807, 2.05) is 6.92 Å². The Morgan fingerprint density at radius 3 is 2.70 bits per heavy atom. The van der Waals surface area contributed by atoms with E-state index in [9.17, 15) is 17.6 Å². The van der Waals surface area contributed by atoms with Crippen LogP contribution in [0.15, 0.2) is 41.5 Å². The highest BCUT2D eigenvalue weighted by molar-refractivity contribution is 7.89. The van der Waals surface area contributed by atoms with Gasteiger partial charge in [0.2, 0.25) is 16.0 Å². The number of halogens is 1. The average Bonchev–Trinajstić information content (AvgIpc) is 2.61. The Morgan fingerprint density at radius 1 is 1.33 bits per heavy atom. The lowest BCUT2D eigenvalue weighted by molar-refractivity contribution is 0.102. The highest BCUT2D eigenvalue weighted by atomic mass is 32.2. The number of nitrogens with one attached hydrogen (secondary N) is 1. The van der Waals surface area contributed by atoms with Crippen molar-refractivity contribution >= 4 is 27.6 Å². The number of hydrogen-bond acceptors (Lipinski definition) is 6. The van der Waals surface area contributed by atoms with E-state index in [1.165, 1.54) is 19.2 Å². The molecule has 0 radical (unpaired) electrons. The molecule has 0 spiro atoms. The van der Waals surface area contributed by atoms with Crippen molar-refractivity contribution in [1.29, 1.82) is 0 Å². The molecule has 1 amide bonds. The molecule has 1 aliphatic heterocycles. The quantitative estimate of drug-likeness (QED) is 0.820. The molecule has 10 heteroatoms. The van der Waals surface area contributed by atoms with E-state index in [-0.39, 0.29) is 17.2 Å². The van der Waals surface area contributed by atoms with E-state index in [1.54, 1.807) is 18.3 Å². The van der Waals surface area contributed by atoms with Crippen molar-refractivity contribution in [2.24, 2.45) is 10.7 Å². The van der Waals surface area contributed by atoms with Gasteiger partial charge in [-0.2, -0.15) is 0 Å². The van der Waals surface area contributed by atoms with E-state index in [4.69, 9.17) is 5.73 Å². The molecule has 0 saturated heterocycles. The van der Waals surface area contributed by atoms with Crippen LogP contribution in [-0.2, 0) is 10.0 Å². The molecule has 1 aromatic carbocycles. The number of aromatic nitrogens is 1. The highest BCUT2D eigenvalue weighted by Crippen LogP contribution is 2.29. The summed E-state index contributed by atoms with van der Waals surface area (Å²) >= 11 is 0. The van der Waals surface area contributed by atoms with Crippen LogP contribution in [0.4, 0.5) is 10.1 Å². The van der Waals surface area contributed by atoms with Gasteiger partial charge in [-0.05, 0) is 36.8 Å². The number of aryl methyl sites for hydroxylation is 1. The van der Waals surface area contributed by atoms with Crippen molar-refractivity contribution in [1.82, 2.24) is 9.29 Å². The second kappa shape index (κ2) is 6.95. The average molecular weight is 391 g/mol. The number of benzene rings is 1. The van der Waals surface area contributed by atoms with Crippen LogP contribution in [0.2, 0.25) is 0 Å². The maximum Gasteiger partial charge on any atom is 0.274 e. The molecule has 3 N–H and O–H groups in total. The van der Waals surface area contributed by atoms with Gasteiger partial charge < -0.3 is 11.1 Å². The number of carbonyl (C=O) groups is 1. The van der Waals surface area contributed by atoms with Gasteiger partial charge >= 0.3 is 0 Å². The standard InChI is InChI=1S/C17H18FN5O3S/c1-10-3-6-14(20-8-10)16(24)21-11-4-5-13(18)12(7-11)15-9-27(25,26)23(2)17(19)22-15/h3-8,15H,9H2,1-2H3,(H2,19,22)(H,21,24)/t15-/m0/s1. The third-order valence-electron chi connectivity index (χ3n) is 4.15. The third kappa shape index (κ3) is 3.90. The van der Waals surface area contributed by atoms with E-state index in [0.29, 0.717) is 5.69 Å². The first-order chi connectivity index (χ1) is 12.7. The van der Waals surface area contributed by atoms with Gasteiger partial charge in [-0.1, -0.05) is 6.07 Å². The highest BCUT2D eigenvalue weighted by Gasteiger charge is 2.32. The number of hydrogen-bond donors (Lipinski definition) is 2. The lowest BCUT2D eigenvalue weighted by atomic mass is 10.1. The lowest BCUT2D eigenvalue weighted by Gasteiger charge is -2.27. The first kappa shape index (κ1) is 18.8.